The second-order valence-electron chi connectivity index (χ2n) is 4.19. The third-order valence-corrected chi connectivity index (χ3v) is 5.28. The summed E-state index contributed by atoms with van der Waals surface area (Å²) in [7, 11) is 1.87. The van der Waals surface area contributed by atoms with Crippen molar-refractivity contribution in [2.45, 2.75) is 19.4 Å². The average molecular weight is 344 g/mol. The fourth-order valence-electron chi connectivity index (χ4n) is 1.68. The molecule has 2 aromatic rings. The van der Waals surface area contributed by atoms with E-state index in [-0.39, 0.29) is 11.9 Å². The maximum atomic E-state index is 12.2. The summed E-state index contributed by atoms with van der Waals surface area (Å²) in [5.74, 6) is 0.0843. The Morgan fingerprint density at radius 3 is 2.83 bits per heavy atom. The number of nitrogens with zero attached hydrogens (tertiary/aromatic N) is 1. The van der Waals surface area contributed by atoms with Crippen molar-refractivity contribution in [3.63, 3.8) is 0 Å². The van der Waals surface area contributed by atoms with Crippen LogP contribution in [0.15, 0.2) is 32.7 Å². The van der Waals surface area contributed by atoms with E-state index in [0.29, 0.717) is 0 Å². The maximum absolute atomic E-state index is 12.2. The van der Waals surface area contributed by atoms with E-state index in [9.17, 15) is 4.79 Å². The molecule has 0 aliphatic carbocycles. The highest BCUT2D eigenvalue weighted by Gasteiger charge is 2.19. The van der Waals surface area contributed by atoms with Gasteiger partial charge in [0, 0.05) is 29.8 Å². The van der Waals surface area contributed by atoms with E-state index in [1.54, 1.807) is 11.3 Å². The van der Waals surface area contributed by atoms with Crippen LogP contribution in [0, 0.1) is 0 Å². The third-order valence-electron chi connectivity index (χ3n) is 2.87. The third kappa shape index (κ3) is 3.22. The molecule has 1 unspecified atom stereocenters. The second kappa shape index (κ2) is 5.99. The Kier molecular flexibility index (Phi) is 4.59. The number of hydrogen-bond acceptors (Lipinski definition) is 3. The van der Waals surface area contributed by atoms with Crippen molar-refractivity contribution in [3.05, 3.63) is 43.2 Å². The van der Waals surface area contributed by atoms with Gasteiger partial charge in [-0.15, -0.1) is 22.7 Å². The Balaban J connectivity index is 2.02. The van der Waals surface area contributed by atoms with Crippen molar-refractivity contribution >= 4 is 44.5 Å². The highest BCUT2D eigenvalue weighted by molar-refractivity contribution is 9.11. The minimum Gasteiger partial charge on any atom is -0.339 e. The topological polar surface area (TPSA) is 20.3 Å². The van der Waals surface area contributed by atoms with E-state index in [2.05, 4.69) is 34.3 Å². The molecule has 0 spiro atoms. The summed E-state index contributed by atoms with van der Waals surface area (Å²) in [6.45, 7) is 2.08. The van der Waals surface area contributed by atoms with Crippen molar-refractivity contribution in [3.8, 4) is 0 Å². The van der Waals surface area contributed by atoms with E-state index in [1.807, 2.05) is 29.5 Å². The smallest absolute Gasteiger partial charge is 0.254 e. The second-order valence-corrected chi connectivity index (χ2v) is 7.51. The van der Waals surface area contributed by atoms with Crippen LogP contribution in [-0.2, 0) is 6.42 Å². The lowest BCUT2D eigenvalue weighted by atomic mass is 10.1. The van der Waals surface area contributed by atoms with Crippen LogP contribution in [0.5, 0.6) is 0 Å². The molecular formula is C13H14BrNOS2. The van der Waals surface area contributed by atoms with Gasteiger partial charge in [-0.2, -0.15) is 0 Å². The molecule has 96 valence electrons. The lowest BCUT2D eigenvalue weighted by molar-refractivity contribution is 0.0744. The van der Waals surface area contributed by atoms with Crippen LogP contribution >= 0.6 is 38.6 Å². The highest BCUT2D eigenvalue weighted by atomic mass is 79.9. The molecule has 0 saturated heterocycles. The first kappa shape index (κ1) is 13.8. The van der Waals surface area contributed by atoms with E-state index < -0.39 is 0 Å². The lowest BCUT2D eigenvalue weighted by Gasteiger charge is -2.24. The molecule has 0 N–H and O–H groups in total. The summed E-state index contributed by atoms with van der Waals surface area (Å²) >= 11 is 6.66. The van der Waals surface area contributed by atoms with Gasteiger partial charge in [-0.1, -0.05) is 6.07 Å². The molecule has 2 heterocycles. The lowest BCUT2D eigenvalue weighted by Crippen LogP contribution is -2.36. The van der Waals surface area contributed by atoms with E-state index >= 15 is 0 Å². The molecule has 0 aromatic carbocycles. The van der Waals surface area contributed by atoms with Crippen molar-refractivity contribution < 1.29 is 4.79 Å². The number of thiophene rings is 2. The molecule has 2 nitrogen and oxygen atoms in total. The summed E-state index contributed by atoms with van der Waals surface area (Å²) in [5.41, 5.74) is 0.757. The molecule has 2 rings (SSSR count). The summed E-state index contributed by atoms with van der Waals surface area (Å²) in [6, 6.07) is 6.24. The predicted octanol–water partition coefficient (Wildman–Crippen LogP) is 4.28. The Labute approximate surface area is 123 Å². The van der Waals surface area contributed by atoms with Gasteiger partial charge in [0.15, 0.2) is 0 Å². The van der Waals surface area contributed by atoms with Gasteiger partial charge < -0.3 is 4.90 Å². The first-order valence-corrected chi connectivity index (χ1v) is 8.16. The van der Waals surface area contributed by atoms with Crippen LogP contribution in [0.1, 0.15) is 22.2 Å². The van der Waals surface area contributed by atoms with Crippen molar-refractivity contribution in [2.24, 2.45) is 0 Å². The monoisotopic (exact) mass is 343 g/mol. The van der Waals surface area contributed by atoms with E-state index in [0.717, 1.165) is 15.8 Å². The zero-order valence-electron chi connectivity index (χ0n) is 10.2. The summed E-state index contributed by atoms with van der Waals surface area (Å²) < 4.78 is 0.991. The van der Waals surface area contributed by atoms with Crippen molar-refractivity contribution in [2.75, 3.05) is 7.05 Å². The zero-order chi connectivity index (χ0) is 13.1. The van der Waals surface area contributed by atoms with Gasteiger partial charge in [-0.25, -0.2) is 0 Å². The van der Waals surface area contributed by atoms with E-state index in [1.165, 1.54) is 16.2 Å². The van der Waals surface area contributed by atoms with Gasteiger partial charge in [0.05, 0.1) is 9.35 Å². The molecular weight excluding hydrogens is 330 g/mol. The van der Waals surface area contributed by atoms with Crippen LogP contribution in [0.25, 0.3) is 0 Å². The van der Waals surface area contributed by atoms with Crippen molar-refractivity contribution in [1.82, 2.24) is 4.90 Å². The van der Waals surface area contributed by atoms with Gasteiger partial charge in [-0.3, -0.25) is 4.79 Å². The molecule has 2 aromatic heterocycles. The Bertz CT molecular complexity index is 521. The van der Waals surface area contributed by atoms with Crippen LogP contribution < -0.4 is 0 Å². The van der Waals surface area contributed by atoms with Crippen LogP contribution in [-0.4, -0.2) is 23.9 Å². The standard InChI is InChI=1S/C13H14BrNOS2/c1-9(6-11-4-3-5-17-11)15(2)13(16)10-7-12(14)18-8-10/h3-5,7-9H,6H2,1-2H3. The van der Waals surface area contributed by atoms with Crippen LogP contribution in [0.4, 0.5) is 0 Å². The van der Waals surface area contributed by atoms with Gasteiger partial charge in [-0.05, 0) is 40.4 Å². The van der Waals surface area contributed by atoms with Gasteiger partial charge in [0.1, 0.15) is 0 Å². The zero-order valence-corrected chi connectivity index (χ0v) is 13.4. The summed E-state index contributed by atoms with van der Waals surface area (Å²) in [5, 5.41) is 3.96. The Morgan fingerprint density at radius 2 is 2.28 bits per heavy atom. The van der Waals surface area contributed by atoms with Gasteiger partial charge >= 0.3 is 0 Å². The number of amides is 1. The highest BCUT2D eigenvalue weighted by Crippen LogP contribution is 2.22. The minimum absolute atomic E-state index is 0.0843. The molecule has 0 aliphatic rings. The SMILES string of the molecule is CC(Cc1cccs1)N(C)C(=O)c1csc(Br)c1. The summed E-state index contributed by atoms with van der Waals surface area (Å²) in [6.07, 6.45) is 0.908. The number of carbonyl (C=O) groups is 1. The molecule has 18 heavy (non-hydrogen) atoms. The Hall–Kier alpha value is -0.650. The molecule has 0 fully saturated rings. The van der Waals surface area contributed by atoms with Crippen LogP contribution in [0.3, 0.4) is 0 Å². The molecule has 1 atom stereocenters. The number of carbonyl (C=O) groups excluding carboxylic acids is 1. The summed E-state index contributed by atoms with van der Waals surface area (Å²) in [4.78, 5) is 15.4. The first-order valence-electron chi connectivity index (χ1n) is 5.61. The molecule has 1 amide bonds. The quantitative estimate of drug-likeness (QED) is 0.811. The molecule has 0 saturated carbocycles. The Morgan fingerprint density at radius 1 is 1.50 bits per heavy atom. The average Bonchev–Trinajstić information content (AvgIpc) is 2.98. The maximum Gasteiger partial charge on any atom is 0.254 e. The normalized spacial score (nSPS) is 12.4. The van der Waals surface area contributed by atoms with Gasteiger partial charge in [0.25, 0.3) is 5.91 Å². The number of hydrogen-bond donors (Lipinski definition) is 0. The molecule has 5 heteroatoms. The molecule has 0 aliphatic heterocycles. The fourth-order valence-corrected chi connectivity index (χ4v) is 3.64. The molecule has 0 bridgehead atoms. The molecule has 0 radical (unpaired) electrons. The minimum atomic E-state index is 0.0843. The van der Waals surface area contributed by atoms with Gasteiger partial charge in [0.2, 0.25) is 0 Å². The van der Waals surface area contributed by atoms with E-state index in [4.69, 9.17) is 0 Å². The van der Waals surface area contributed by atoms with Crippen LogP contribution in [0.2, 0.25) is 0 Å². The number of halogens is 1. The largest absolute Gasteiger partial charge is 0.339 e. The first-order chi connectivity index (χ1) is 8.58. The fraction of sp³-hybridized carbons (Fsp3) is 0.308. The number of likely N-dealkylation sites (N-methyl/N-ethyl adjacent to an activating group) is 1. The predicted molar refractivity (Wildman–Crippen MR) is 81.6 cm³/mol. The van der Waals surface area contributed by atoms with Crippen molar-refractivity contribution in [1.29, 1.82) is 0 Å². The number of rotatable bonds is 4.